The number of aromatic nitrogens is 2. The van der Waals surface area contributed by atoms with E-state index in [9.17, 15) is 4.79 Å². The highest BCUT2D eigenvalue weighted by molar-refractivity contribution is 7.80. The molecule has 0 bridgehead atoms. The number of carbonyl (C=O) groups excluding carboxylic acids is 1. The van der Waals surface area contributed by atoms with Gasteiger partial charge in [-0.2, -0.15) is 5.10 Å². The van der Waals surface area contributed by atoms with Crippen molar-refractivity contribution < 1.29 is 9.53 Å². The molecule has 1 aromatic heterocycles. The molecule has 0 spiro atoms. The molecule has 0 saturated carbocycles. The molecule has 6 nitrogen and oxygen atoms in total. The second-order valence-corrected chi connectivity index (χ2v) is 5.41. The fourth-order valence-corrected chi connectivity index (χ4v) is 2.44. The topological polar surface area (TPSA) is 82.2 Å². The number of nitrogens with two attached hydrogens (primary N) is 1. The van der Waals surface area contributed by atoms with Gasteiger partial charge in [0.15, 0.2) is 0 Å². The van der Waals surface area contributed by atoms with Crippen LogP contribution in [-0.4, -0.2) is 33.4 Å². The van der Waals surface area contributed by atoms with Gasteiger partial charge in [-0.25, -0.2) is 0 Å². The van der Waals surface area contributed by atoms with Crippen LogP contribution in [0.25, 0.3) is 0 Å². The lowest BCUT2D eigenvalue weighted by Crippen LogP contribution is -2.23. The Bertz CT molecular complexity index is 495. The van der Waals surface area contributed by atoms with Gasteiger partial charge >= 0.3 is 0 Å². The smallest absolute Gasteiger partial charge is 0.225 e. The van der Waals surface area contributed by atoms with E-state index in [1.807, 2.05) is 0 Å². The molecular weight excluding hydrogens is 276 g/mol. The molecule has 2 rings (SSSR count). The molecule has 0 aliphatic carbocycles. The summed E-state index contributed by atoms with van der Waals surface area (Å²) in [6.07, 6.45) is 6.27. The van der Waals surface area contributed by atoms with Crippen molar-refractivity contribution in [3.63, 3.8) is 0 Å². The Morgan fingerprint density at radius 2 is 2.45 bits per heavy atom. The van der Waals surface area contributed by atoms with Crippen LogP contribution >= 0.6 is 12.2 Å². The summed E-state index contributed by atoms with van der Waals surface area (Å²) in [6.45, 7) is 0.805. The number of aryl methyl sites for hydroxylation is 1. The van der Waals surface area contributed by atoms with E-state index in [1.54, 1.807) is 17.9 Å². The van der Waals surface area contributed by atoms with E-state index < -0.39 is 0 Å². The predicted molar refractivity (Wildman–Crippen MR) is 80.6 cm³/mol. The first-order valence-electron chi connectivity index (χ1n) is 6.81. The fraction of sp³-hybridized carbons (Fsp3) is 0.615. The summed E-state index contributed by atoms with van der Waals surface area (Å²) in [5.74, 6) is 0.479. The lowest BCUT2D eigenvalue weighted by Gasteiger charge is -2.22. The molecule has 1 unspecified atom stereocenters. The number of rotatable bonds is 5. The molecule has 1 fully saturated rings. The van der Waals surface area contributed by atoms with Gasteiger partial charge < -0.3 is 15.8 Å². The highest BCUT2D eigenvalue weighted by Gasteiger charge is 2.17. The van der Waals surface area contributed by atoms with Crippen molar-refractivity contribution in [2.75, 3.05) is 11.9 Å². The maximum Gasteiger partial charge on any atom is 0.225 e. The molecule has 1 amide bonds. The van der Waals surface area contributed by atoms with Gasteiger partial charge in [-0.3, -0.25) is 9.48 Å². The minimum atomic E-state index is -0.0692. The normalized spacial score (nSPS) is 18.8. The van der Waals surface area contributed by atoms with Crippen molar-refractivity contribution in [3.8, 4) is 0 Å². The third kappa shape index (κ3) is 3.77. The van der Waals surface area contributed by atoms with Crippen LogP contribution in [0.2, 0.25) is 0 Å². The summed E-state index contributed by atoms with van der Waals surface area (Å²) in [6, 6.07) is 0. The first kappa shape index (κ1) is 14.9. The van der Waals surface area contributed by atoms with Crippen LogP contribution in [0.15, 0.2) is 6.20 Å². The zero-order chi connectivity index (χ0) is 14.5. The van der Waals surface area contributed by atoms with Crippen LogP contribution in [-0.2, 0) is 16.6 Å². The van der Waals surface area contributed by atoms with Gasteiger partial charge in [-0.1, -0.05) is 12.2 Å². The van der Waals surface area contributed by atoms with Gasteiger partial charge in [0.2, 0.25) is 5.91 Å². The monoisotopic (exact) mass is 296 g/mol. The van der Waals surface area contributed by atoms with Gasteiger partial charge in [0, 0.05) is 20.1 Å². The lowest BCUT2D eigenvalue weighted by molar-refractivity contribution is -0.117. The summed E-state index contributed by atoms with van der Waals surface area (Å²) in [4.78, 5) is 12.2. The molecule has 0 radical (unpaired) electrons. The summed E-state index contributed by atoms with van der Waals surface area (Å²) >= 11 is 4.94. The number of nitrogens with zero attached hydrogens (tertiary/aromatic N) is 2. The van der Waals surface area contributed by atoms with Gasteiger partial charge in [0.1, 0.15) is 10.8 Å². The standard InChI is InChI=1S/C13H20N4O2S/c1-17-13(10(8-15-17)12(14)20)16-11(18)6-5-9-4-2-3-7-19-9/h8-9H,2-7H2,1H3,(H2,14,20)(H,16,18). The van der Waals surface area contributed by atoms with Crippen LogP contribution < -0.4 is 11.1 Å². The fourth-order valence-electron chi connectivity index (χ4n) is 2.29. The van der Waals surface area contributed by atoms with Crippen molar-refractivity contribution in [3.05, 3.63) is 11.8 Å². The number of amides is 1. The highest BCUT2D eigenvalue weighted by Crippen LogP contribution is 2.18. The molecule has 1 atom stereocenters. The van der Waals surface area contributed by atoms with Crippen LogP contribution in [0.3, 0.4) is 0 Å². The van der Waals surface area contributed by atoms with Crippen LogP contribution in [0.5, 0.6) is 0 Å². The SMILES string of the molecule is Cn1ncc(C(N)=S)c1NC(=O)CCC1CCCCO1. The van der Waals surface area contributed by atoms with E-state index in [-0.39, 0.29) is 17.0 Å². The van der Waals surface area contributed by atoms with E-state index in [0.29, 0.717) is 17.8 Å². The van der Waals surface area contributed by atoms with Crippen molar-refractivity contribution in [2.45, 2.75) is 38.2 Å². The molecule has 2 heterocycles. The van der Waals surface area contributed by atoms with Gasteiger partial charge in [-0.05, 0) is 25.7 Å². The highest BCUT2D eigenvalue weighted by atomic mass is 32.1. The number of nitrogens with one attached hydrogen (secondary N) is 1. The summed E-state index contributed by atoms with van der Waals surface area (Å²) in [5.41, 5.74) is 6.19. The second-order valence-electron chi connectivity index (χ2n) is 4.97. The molecule has 110 valence electrons. The summed E-state index contributed by atoms with van der Waals surface area (Å²) in [5, 5.41) is 6.87. The maximum atomic E-state index is 12.0. The summed E-state index contributed by atoms with van der Waals surface area (Å²) < 4.78 is 7.17. The van der Waals surface area contributed by atoms with Crippen molar-refractivity contribution in [2.24, 2.45) is 12.8 Å². The van der Waals surface area contributed by atoms with E-state index >= 15 is 0 Å². The molecule has 1 aliphatic heterocycles. The van der Waals surface area contributed by atoms with E-state index in [1.165, 1.54) is 6.42 Å². The second kappa shape index (κ2) is 6.81. The molecule has 20 heavy (non-hydrogen) atoms. The Balaban J connectivity index is 1.88. The average Bonchev–Trinajstić information content (AvgIpc) is 2.79. The van der Waals surface area contributed by atoms with Gasteiger partial charge in [0.25, 0.3) is 0 Å². The Kier molecular flexibility index (Phi) is 5.08. The minimum Gasteiger partial charge on any atom is -0.389 e. The Labute approximate surface area is 123 Å². The average molecular weight is 296 g/mol. The van der Waals surface area contributed by atoms with Crippen LogP contribution in [0.1, 0.15) is 37.7 Å². The number of anilines is 1. The first-order valence-corrected chi connectivity index (χ1v) is 7.22. The lowest BCUT2D eigenvalue weighted by atomic mass is 10.0. The van der Waals surface area contributed by atoms with Crippen molar-refractivity contribution in [1.29, 1.82) is 0 Å². The largest absolute Gasteiger partial charge is 0.389 e. The number of thiocarbonyl (C=S) groups is 1. The van der Waals surface area contributed by atoms with E-state index in [0.717, 1.165) is 25.9 Å². The maximum absolute atomic E-state index is 12.0. The van der Waals surface area contributed by atoms with Gasteiger partial charge in [0.05, 0.1) is 17.9 Å². The third-order valence-electron chi connectivity index (χ3n) is 3.43. The predicted octanol–water partition coefficient (Wildman–Crippen LogP) is 1.34. The zero-order valence-corrected chi connectivity index (χ0v) is 12.4. The van der Waals surface area contributed by atoms with Crippen molar-refractivity contribution in [1.82, 2.24) is 9.78 Å². The van der Waals surface area contributed by atoms with Gasteiger partial charge in [-0.15, -0.1) is 0 Å². The Morgan fingerprint density at radius 1 is 1.65 bits per heavy atom. The molecule has 1 aliphatic rings. The Hall–Kier alpha value is -1.47. The zero-order valence-electron chi connectivity index (χ0n) is 11.6. The first-order chi connectivity index (χ1) is 9.58. The minimum absolute atomic E-state index is 0.0692. The third-order valence-corrected chi connectivity index (χ3v) is 3.65. The molecule has 1 saturated heterocycles. The number of hydrogen-bond donors (Lipinski definition) is 2. The number of carbonyl (C=O) groups is 1. The molecular formula is C13H20N4O2S. The molecule has 1 aromatic rings. The number of ether oxygens (including phenoxy) is 1. The van der Waals surface area contributed by atoms with Crippen LogP contribution in [0.4, 0.5) is 5.82 Å². The van der Waals surface area contributed by atoms with Crippen LogP contribution in [0, 0.1) is 0 Å². The Morgan fingerprint density at radius 3 is 3.10 bits per heavy atom. The number of hydrogen-bond acceptors (Lipinski definition) is 4. The van der Waals surface area contributed by atoms with Crippen molar-refractivity contribution >= 4 is 28.9 Å². The van der Waals surface area contributed by atoms with E-state index in [2.05, 4.69) is 10.4 Å². The summed E-state index contributed by atoms with van der Waals surface area (Å²) in [7, 11) is 1.74. The van der Waals surface area contributed by atoms with E-state index in [4.69, 9.17) is 22.7 Å². The quantitative estimate of drug-likeness (QED) is 0.801. The molecule has 3 N–H and O–H groups in total. The molecule has 0 aromatic carbocycles. The molecule has 7 heteroatoms.